The Labute approximate surface area is 390 Å². The first-order chi connectivity index (χ1) is 31.5. The van der Waals surface area contributed by atoms with Gasteiger partial charge in [0.05, 0.1) is 19.8 Å². The van der Waals surface area contributed by atoms with Crippen molar-refractivity contribution >= 4 is 11.9 Å². The molecular weight excluding hydrogens is 841 g/mol. The highest BCUT2D eigenvalue weighted by Crippen LogP contribution is 2.26. The van der Waals surface area contributed by atoms with E-state index in [0.29, 0.717) is 12.8 Å². The molecule has 0 amide bonds. The van der Waals surface area contributed by atoms with Gasteiger partial charge in [-0.15, -0.1) is 0 Å². The van der Waals surface area contributed by atoms with Gasteiger partial charge >= 0.3 is 11.9 Å². The molecule has 0 aromatic carbocycles. The second-order valence-corrected chi connectivity index (χ2v) is 18.0. The number of ether oxygens (including phenoxy) is 6. The second-order valence-electron chi connectivity index (χ2n) is 18.0. The third kappa shape index (κ3) is 26.4. The molecule has 2 aliphatic heterocycles. The number of rotatable bonds is 39. The molecule has 380 valence electrons. The Morgan fingerprint density at radius 1 is 0.477 bits per heavy atom. The SMILES string of the molecule is CCCCCCC/C=C/CCCCCCCC(=O)OC[C@H](CO[C@@H]1O[C@H](CO[C@@H]2O[C@H](CO)[C@H](O)C(O)C2O)[C@H](O)C(O)C1O)OC(=O)CC/C=C/CCCCCCCCCCCCC. The van der Waals surface area contributed by atoms with Gasteiger partial charge in [0.25, 0.3) is 0 Å². The summed E-state index contributed by atoms with van der Waals surface area (Å²) in [6.07, 6.45) is 20.8. The van der Waals surface area contributed by atoms with Crippen LogP contribution in [0.25, 0.3) is 0 Å². The molecule has 0 aliphatic carbocycles. The standard InChI is InChI=1S/C50H90O15/c1-3-5-7-9-11-13-15-17-19-21-23-25-27-29-31-33-42(53)63-38(35-60-41(52)32-30-28-26-24-22-20-18-16-14-12-10-8-6-4-2)36-61-49-48(59)46(57)44(55)40(65-49)37-62-50-47(58)45(56)43(54)39(34-51)64-50/h16,18,27,29,38-40,43-51,54-59H,3-15,17,19-26,28,30-37H2,1-2H3/b18-16+,29-27+/t38-,39-,40-,43+,44+,45?,46?,47?,48?,49-,50-/m1/s1. The summed E-state index contributed by atoms with van der Waals surface area (Å²) in [6.45, 7) is 2.54. The molecule has 0 bridgehead atoms. The van der Waals surface area contributed by atoms with Crippen LogP contribution < -0.4 is 0 Å². The van der Waals surface area contributed by atoms with Crippen LogP contribution in [-0.2, 0) is 38.0 Å². The number of unbranched alkanes of at least 4 members (excludes halogenated alkanes) is 21. The van der Waals surface area contributed by atoms with Gasteiger partial charge in [-0.2, -0.15) is 0 Å². The van der Waals surface area contributed by atoms with Gasteiger partial charge < -0.3 is 64.2 Å². The van der Waals surface area contributed by atoms with Gasteiger partial charge in [-0.3, -0.25) is 9.59 Å². The molecule has 2 aliphatic rings. The molecule has 0 aromatic rings. The van der Waals surface area contributed by atoms with Gasteiger partial charge in [0.15, 0.2) is 18.7 Å². The van der Waals surface area contributed by atoms with Crippen LogP contribution in [0.4, 0.5) is 0 Å². The highest BCUT2D eigenvalue weighted by atomic mass is 16.7. The molecule has 0 spiro atoms. The van der Waals surface area contributed by atoms with Gasteiger partial charge in [-0.05, 0) is 51.4 Å². The lowest BCUT2D eigenvalue weighted by Gasteiger charge is -2.42. The van der Waals surface area contributed by atoms with Crippen LogP contribution in [-0.4, -0.2) is 142 Å². The zero-order chi connectivity index (χ0) is 47.5. The average molecular weight is 931 g/mol. The number of aliphatic hydroxyl groups is 7. The van der Waals surface area contributed by atoms with Crippen molar-refractivity contribution < 1.29 is 73.8 Å². The summed E-state index contributed by atoms with van der Waals surface area (Å²) in [7, 11) is 0. The quantitative estimate of drug-likeness (QED) is 0.0192. The predicted molar refractivity (Wildman–Crippen MR) is 247 cm³/mol. The summed E-state index contributed by atoms with van der Waals surface area (Å²) in [5, 5.41) is 72.0. The second kappa shape index (κ2) is 37.9. The summed E-state index contributed by atoms with van der Waals surface area (Å²) in [5.74, 6) is -0.988. The molecule has 65 heavy (non-hydrogen) atoms. The van der Waals surface area contributed by atoms with Gasteiger partial charge in [0, 0.05) is 12.8 Å². The monoisotopic (exact) mass is 931 g/mol. The number of aliphatic hydroxyl groups excluding tert-OH is 7. The van der Waals surface area contributed by atoms with E-state index < -0.39 is 99.3 Å². The minimum atomic E-state index is -1.77. The van der Waals surface area contributed by atoms with E-state index in [9.17, 15) is 45.3 Å². The number of esters is 2. The first-order valence-electron chi connectivity index (χ1n) is 25.4. The van der Waals surface area contributed by atoms with E-state index in [1.165, 1.54) is 96.3 Å². The summed E-state index contributed by atoms with van der Waals surface area (Å²) >= 11 is 0. The molecule has 4 unspecified atom stereocenters. The zero-order valence-electron chi connectivity index (χ0n) is 40.0. The summed E-state index contributed by atoms with van der Waals surface area (Å²) in [4.78, 5) is 25.7. The summed E-state index contributed by atoms with van der Waals surface area (Å²) in [5.41, 5.74) is 0. The average Bonchev–Trinajstić information content (AvgIpc) is 3.30. The lowest BCUT2D eigenvalue weighted by atomic mass is 9.98. The Hall–Kier alpha value is -2.02. The summed E-state index contributed by atoms with van der Waals surface area (Å²) in [6, 6.07) is 0. The van der Waals surface area contributed by atoms with E-state index in [-0.39, 0.29) is 19.4 Å². The van der Waals surface area contributed by atoms with Gasteiger partial charge in [0.1, 0.15) is 55.4 Å². The van der Waals surface area contributed by atoms with E-state index in [4.69, 9.17) is 28.4 Å². The molecule has 0 radical (unpaired) electrons. The molecule has 0 aromatic heterocycles. The van der Waals surface area contributed by atoms with Crippen LogP contribution in [0.5, 0.6) is 0 Å². The Morgan fingerprint density at radius 3 is 1.42 bits per heavy atom. The van der Waals surface area contributed by atoms with Crippen molar-refractivity contribution in [1.82, 2.24) is 0 Å². The number of hydrogen-bond donors (Lipinski definition) is 7. The van der Waals surface area contributed by atoms with Crippen LogP contribution >= 0.6 is 0 Å². The molecule has 11 atom stereocenters. The third-order valence-corrected chi connectivity index (χ3v) is 12.2. The molecule has 2 rings (SSSR count). The maximum absolute atomic E-state index is 13.0. The molecular formula is C50H90O15. The van der Waals surface area contributed by atoms with Crippen molar-refractivity contribution in [3.63, 3.8) is 0 Å². The lowest BCUT2D eigenvalue weighted by Crippen LogP contribution is -2.61. The summed E-state index contributed by atoms with van der Waals surface area (Å²) < 4.78 is 33.5. The van der Waals surface area contributed by atoms with E-state index in [1.54, 1.807) is 0 Å². The predicted octanol–water partition coefficient (Wildman–Crippen LogP) is 6.77. The molecule has 7 N–H and O–H groups in total. The number of carbonyl (C=O) groups excluding carboxylic acids is 2. The van der Waals surface area contributed by atoms with Crippen molar-refractivity contribution in [2.75, 3.05) is 26.4 Å². The first kappa shape index (κ1) is 59.1. The van der Waals surface area contributed by atoms with Crippen LogP contribution in [0, 0.1) is 0 Å². The highest BCUT2D eigenvalue weighted by Gasteiger charge is 2.47. The van der Waals surface area contributed by atoms with Gasteiger partial charge in [-0.1, -0.05) is 147 Å². The first-order valence-corrected chi connectivity index (χ1v) is 25.4. The fourth-order valence-electron chi connectivity index (χ4n) is 7.93. The van der Waals surface area contributed by atoms with Crippen LogP contribution in [0.15, 0.2) is 24.3 Å². The smallest absolute Gasteiger partial charge is 0.306 e. The van der Waals surface area contributed by atoms with Crippen molar-refractivity contribution in [1.29, 1.82) is 0 Å². The van der Waals surface area contributed by atoms with Crippen LogP contribution in [0.2, 0.25) is 0 Å². The minimum absolute atomic E-state index is 0.0822. The maximum atomic E-state index is 13.0. The van der Waals surface area contributed by atoms with Crippen molar-refractivity contribution in [2.45, 2.75) is 255 Å². The largest absolute Gasteiger partial charge is 0.462 e. The fourth-order valence-corrected chi connectivity index (χ4v) is 7.93. The Kier molecular flexibility index (Phi) is 34.5. The van der Waals surface area contributed by atoms with Gasteiger partial charge in [-0.25, -0.2) is 0 Å². The third-order valence-electron chi connectivity index (χ3n) is 12.2. The number of hydrogen-bond acceptors (Lipinski definition) is 15. The molecule has 2 heterocycles. The van der Waals surface area contributed by atoms with Crippen molar-refractivity contribution in [3.8, 4) is 0 Å². The topological polar surface area (TPSA) is 231 Å². The normalized spacial score (nSPS) is 26.5. The minimum Gasteiger partial charge on any atom is -0.462 e. The van der Waals surface area contributed by atoms with E-state index in [2.05, 4.69) is 32.1 Å². The van der Waals surface area contributed by atoms with E-state index in [0.717, 1.165) is 51.4 Å². The Morgan fingerprint density at radius 2 is 0.908 bits per heavy atom. The van der Waals surface area contributed by atoms with Crippen molar-refractivity contribution in [3.05, 3.63) is 24.3 Å². The Balaban J connectivity index is 1.83. The Bertz CT molecular complexity index is 1230. The molecule has 2 fully saturated rings. The number of carbonyl (C=O) groups is 2. The highest BCUT2D eigenvalue weighted by molar-refractivity contribution is 5.70. The van der Waals surface area contributed by atoms with Crippen molar-refractivity contribution in [2.24, 2.45) is 0 Å². The maximum Gasteiger partial charge on any atom is 0.306 e. The van der Waals surface area contributed by atoms with Crippen LogP contribution in [0.3, 0.4) is 0 Å². The zero-order valence-corrected chi connectivity index (χ0v) is 40.0. The molecule has 0 saturated carbocycles. The fraction of sp³-hybridized carbons (Fsp3) is 0.880. The van der Waals surface area contributed by atoms with Crippen LogP contribution in [0.1, 0.15) is 187 Å². The molecule has 15 heteroatoms. The van der Waals surface area contributed by atoms with E-state index in [1.807, 2.05) is 6.08 Å². The number of allylic oxidation sites excluding steroid dienone is 4. The lowest BCUT2D eigenvalue weighted by molar-refractivity contribution is -0.332. The molecule has 15 nitrogen and oxygen atoms in total. The van der Waals surface area contributed by atoms with E-state index >= 15 is 0 Å². The molecule has 2 saturated heterocycles. The van der Waals surface area contributed by atoms with Gasteiger partial charge in [0.2, 0.25) is 0 Å².